The number of hydrogen-bond donors (Lipinski definition) is 3. The molecule has 1 amide bonds. The van der Waals surface area contributed by atoms with Crippen molar-refractivity contribution in [2.45, 2.75) is 19.4 Å². The second-order valence-corrected chi connectivity index (χ2v) is 8.18. The van der Waals surface area contributed by atoms with Gasteiger partial charge < -0.3 is 25.0 Å². The predicted molar refractivity (Wildman–Crippen MR) is 143 cm³/mol. The van der Waals surface area contributed by atoms with Gasteiger partial charge in [0.15, 0.2) is 5.84 Å². The van der Waals surface area contributed by atoms with Gasteiger partial charge in [-0.2, -0.15) is 9.98 Å². The second kappa shape index (κ2) is 13.9. The minimum absolute atomic E-state index is 0.0182. The fourth-order valence-corrected chi connectivity index (χ4v) is 3.83. The van der Waals surface area contributed by atoms with Gasteiger partial charge in [0.25, 0.3) is 0 Å². The zero-order valence-electron chi connectivity index (χ0n) is 20.0. The molecular weight excluding hydrogens is 468 g/mol. The van der Waals surface area contributed by atoms with E-state index in [1.54, 1.807) is 24.3 Å². The lowest BCUT2D eigenvalue weighted by Crippen LogP contribution is -2.21. The van der Waals surface area contributed by atoms with E-state index in [0.717, 1.165) is 11.3 Å². The number of amides is 1. The maximum Gasteiger partial charge on any atom is 0.434 e. The molecule has 0 bridgehead atoms. The lowest BCUT2D eigenvalue weighted by Gasteiger charge is -2.21. The summed E-state index contributed by atoms with van der Waals surface area (Å²) in [6.45, 7) is 5.71. The topological polar surface area (TPSA) is 139 Å². The molecule has 1 unspecified atom stereocenters. The van der Waals surface area contributed by atoms with Crippen LogP contribution in [0.3, 0.4) is 0 Å². The number of aliphatic hydroxyl groups is 1. The van der Waals surface area contributed by atoms with Crippen LogP contribution in [0.5, 0.6) is 5.75 Å². The zero-order valence-corrected chi connectivity index (χ0v) is 20.8. The summed E-state index contributed by atoms with van der Waals surface area (Å²) in [6.07, 6.45) is 2.76. The number of hydrogen-bond acceptors (Lipinski definition) is 7. The number of anilines is 1. The van der Waals surface area contributed by atoms with Crippen molar-refractivity contribution in [1.29, 1.82) is 5.41 Å². The number of benzene rings is 2. The van der Waals surface area contributed by atoms with Gasteiger partial charge in [0, 0.05) is 17.8 Å². The van der Waals surface area contributed by atoms with Gasteiger partial charge in [-0.3, -0.25) is 5.41 Å². The van der Waals surface area contributed by atoms with Crippen molar-refractivity contribution in [2.24, 2.45) is 9.98 Å². The fourth-order valence-electron chi connectivity index (χ4n) is 3.16. The average molecular weight is 500 g/mol. The molecule has 35 heavy (non-hydrogen) atoms. The maximum absolute atomic E-state index is 11.9. The molecule has 0 saturated carbocycles. The number of rotatable bonds is 10. The first-order valence-electron chi connectivity index (χ1n) is 10.7. The predicted octanol–water partition coefficient (Wildman–Crippen LogP) is 3.94. The van der Waals surface area contributed by atoms with E-state index >= 15 is 0 Å². The smallest absolute Gasteiger partial charge is 0.434 e. The first-order chi connectivity index (χ1) is 16.8. The number of nitrogens with zero attached hydrogens (tertiary/aromatic N) is 2. The Bertz CT molecular complexity index is 1100. The molecule has 0 fully saturated rings. The van der Waals surface area contributed by atoms with Crippen LogP contribution in [-0.4, -0.2) is 59.6 Å². The molecule has 0 aromatic heterocycles. The van der Waals surface area contributed by atoms with Crippen LogP contribution in [0.4, 0.5) is 10.5 Å². The van der Waals surface area contributed by atoms with Crippen LogP contribution in [0.2, 0.25) is 0 Å². The van der Waals surface area contributed by atoms with E-state index in [-0.39, 0.29) is 24.3 Å². The summed E-state index contributed by atoms with van der Waals surface area (Å²) in [5, 5.41) is 29.0. The summed E-state index contributed by atoms with van der Waals surface area (Å²) in [4.78, 5) is 19.9. The molecule has 5 N–H and O–H groups in total. The standard InChI is InChI=1S/C25H30N4O5S/c1-5-10-34-21-12-17(15-30)11-19(13-21)22(24(35-4)29-25(32)33-3)14-27-20-8-6-18(7-9-20)23(26)28-16(2)31/h5-9,11-13,22,27,30H,1,10,14-15H2,2-4H3,(H2,26,28,31)/p+1/b29-24-. The molecule has 0 heterocycles. The van der Waals surface area contributed by atoms with Crippen molar-refractivity contribution in [3.63, 3.8) is 0 Å². The van der Waals surface area contributed by atoms with Crippen molar-refractivity contribution in [3.8, 4) is 5.75 Å². The van der Waals surface area contributed by atoms with Crippen molar-refractivity contribution in [1.82, 2.24) is 0 Å². The van der Waals surface area contributed by atoms with E-state index in [1.165, 1.54) is 25.8 Å². The van der Waals surface area contributed by atoms with Crippen LogP contribution in [0.15, 0.2) is 65.1 Å². The SMILES string of the molecule is C=CCOc1cc(CO)cc(C(CNc2ccc(C(=N)N=C(C)[OH2+])cc2)/C(=N/C(=O)OC)SC)c1. The van der Waals surface area contributed by atoms with Crippen LogP contribution >= 0.6 is 11.8 Å². The maximum atomic E-state index is 11.9. The zero-order chi connectivity index (χ0) is 25.8. The van der Waals surface area contributed by atoms with Gasteiger partial charge in [-0.1, -0.05) is 18.7 Å². The van der Waals surface area contributed by atoms with Crippen LogP contribution in [0.1, 0.15) is 29.5 Å². The first-order valence-corrected chi connectivity index (χ1v) is 11.9. The molecule has 186 valence electrons. The Labute approximate surface area is 209 Å². The molecule has 2 rings (SSSR count). The van der Waals surface area contributed by atoms with Gasteiger partial charge in [-0.15, -0.1) is 11.8 Å². The van der Waals surface area contributed by atoms with Crippen molar-refractivity contribution >= 4 is 40.3 Å². The average Bonchev–Trinajstić information content (AvgIpc) is 2.86. The van der Waals surface area contributed by atoms with Gasteiger partial charge in [-0.25, -0.2) is 4.79 Å². The van der Waals surface area contributed by atoms with E-state index in [2.05, 4.69) is 21.9 Å². The van der Waals surface area contributed by atoms with Crippen molar-refractivity contribution in [3.05, 3.63) is 71.8 Å². The Morgan fingerprint density at radius 2 is 2.00 bits per heavy atom. The lowest BCUT2D eigenvalue weighted by atomic mass is 9.97. The van der Waals surface area contributed by atoms with Crippen LogP contribution in [0, 0.1) is 5.41 Å². The molecule has 0 aliphatic heterocycles. The van der Waals surface area contributed by atoms with E-state index in [1.807, 2.05) is 30.5 Å². The molecule has 2 aromatic rings. The minimum atomic E-state index is -0.700. The fraction of sp³-hybridized carbons (Fsp3) is 0.280. The number of ether oxygens (including phenoxy) is 2. The number of carbonyl (C=O) groups is 1. The molecule has 0 aliphatic carbocycles. The minimum Gasteiger partial charge on any atom is -0.582 e. The highest BCUT2D eigenvalue weighted by Gasteiger charge is 2.21. The third-order valence-electron chi connectivity index (χ3n) is 4.77. The molecule has 9 nitrogen and oxygen atoms in total. The van der Waals surface area contributed by atoms with Gasteiger partial charge in [0.1, 0.15) is 12.4 Å². The number of nitrogens with one attached hydrogen (secondary N) is 2. The number of thioether (sulfide) groups is 1. The lowest BCUT2D eigenvalue weighted by molar-refractivity contribution is 0.182. The second-order valence-electron chi connectivity index (χ2n) is 7.35. The molecule has 0 radical (unpaired) electrons. The highest BCUT2D eigenvalue weighted by molar-refractivity contribution is 8.13. The molecule has 0 saturated heterocycles. The van der Waals surface area contributed by atoms with Crippen LogP contribution in [0.25, 0.3) is 0 Å². The Kier molecular flexibility index (Phi) is 11.0. The monoisotopic (exact) mass is 499 g/mol. The summed E-state index contributed by atoms with van der Waals surface area (Å²) >= 11 is 1.33. The van der Waals surface area contributed by atoms with Crippen molar-refractivity contribution < 1.29 is 24.5 Å². The third-order valence-corrected chi connectivity index (χ3v) is 5.57. The third kappa shape index (κ3) is 8.58. The van der Waals surface area contributed by atoms with E-state index in [4.69, 9.17) is 20.0 Å². The van der Waals surface area contributed by atoms with Crippen LogP contribution in [-0.2, 0) is 11.3 Å². The highest BCUT2D eigenvalue weighted by atomic mass is 32.2. The number of methoxy groups -OCH3 is 1. The number of amidine groups is 1. The Morgan fingerprint density at radius 1 is 1.29 bits per heavy atom. The van der Waals surface area contributed by atoms with Gasteiger partial charge in [-0.05, 0) is 53.8 Å². The first kappa shape index (κ1) is 27.6. The van der Waals surface area contributed by atoms with E-state index in [9.17, 15) is 9.90 Å². The molecule has 10 heteroatoms. The molecule has 1 atom stereocenters. The summed E-state index contributed by atoms with van der Waals surface area (Å²) < 4.78 is 10.4. The molecule has 0 spiro atoms. The van der Waals surface area contributed by atoms with Gasteiger partial charge in [0.05, 0.1) is 31.6 Å². The Balaban J connectivity index is 2.38. The summed E-state index contributed by atoms with van der Waals surface area (Å²) in [5.41, 5.74) is 2.85. The van der Waals surface area contributed by atoms with E-state index < -0.39 is 6.09 Å². The van der Waals surface area contributed by atoms with Gasteiger partial charge in [0.2, 0.25) is 0 Å². The van der Waals surface area contributed by atoms with E-state index in [0.29, 0.717) is 35.1 Å². The number of carbonyl (C=O) groups excluding carboxylic acids is 1. The molecule has 0 aliphatic rings. The number of aliphatic imine (C=N–C) groups is 2. The van der Waals surface area contributed by atoms with Gasteiger partial charge >= 0.3 is 12.0 Å². The van der Waals surface area contributed by atoms with Crippen LogP contribution < -0.4 is 10.1 Å². The normalized spacial score (nSPS) is 12.6. The highest BCUT2D eigenvalue weighted by Crippen LogP contribution is 2.29. The quantitative estimate of drug-likeness (QED) is 0.196. The summed E-state index contributed by atoms with van der Waals surface area (Å²) in [6, 6.07) is 12.6. The van der Waals surface area contributed by atoms with Crippen molar-refractivity contribution in [2.75, 3.05) is 31.8 Å². The molecular formula is C25H31N4O5S+. The number of aliphatic hydroxyl groups excluding tert-OH is 1. The summed E-state index contributed by atoms with van der Waals surface area (Å²) in [7, 11) is 1.27. The Hall–Kier alpha value is -3.63. The summed E-state index contributed by atoms with van der Waals surface area (Å²) in [5.74, 6) is 0.305. The molecule has 2 aromatic carbocycles. The largest absolute Gasteiger partial charge is 0.582 e. The Morgan fingerprint density at radius 3 is 2.57 bits per heavy atom.